The van der Waals surface area contributed by atoms with E-state index in [0.29, 0.717) is 19.5 Å². The normalized spacial score (nSPS) is 10.7. The van der Waals surface area contributed by atoms with Crippen LogP contribution in [-0.4, -0.2) is 27.3 Å². The number of benzene rings is 2. The molecule has 0 saturated heterocycles. The maximum atomic E-state index is 12.2. The SMILES string of the molecule is Cc1ccc(-c2nc(CCNC(=O)Nc3cccc(Cn4cccn4)c3)cs2)cc1. The zero-order chi connectivity index (χ0) is 20.8. The van der Waals surface area contributed by atoms with Gasteiger partial charge in [-0.25, -0.2) is 9.78 Å². The fraction of sp³-hybridized carbons (Fsp3) is 0.174. The van der Waals surface area contributed by atoms with Gasteiger partial charge >= 0.3 is 6.03 Å². The number of carbonyl (C=O) groups excluding carboxylic acids is 1. The van der Waals surface area contributed by atoms with Gasteiger partial charge in [0.2, 0.25) is 0 Å². The molecule has 2 N–H and O–H groups in total. The monoisotopic (exact) mass is 417 g/mol. The topological polar surface area (TPSA) is 71.8 Å². The Labute approximate surface area is 179 Å². The number of urea groups is 1. The van der Waals surface area contributed by atoms with Crippen molar-refractivity contribution in [3.63, 3.8) is 0 Å². The van der Waals surface area contributed by atoms with Crippen molar-refractivity contribution in [3.05, 3.63) is 89.2 Å². The molecule has 4 rings (SSSR count). The molecule has 0 atom stereocenters. The van der Waals surface area contributed by atoms with E-state index < -0.39 is 0 Å². The summed E-state index contributed by atoms with van der Waals surface area (Å²) in [5, 5.41) is 13.0. The molecule has 30 heavy (non-hydrogen) atoms. The number of anilines is 1. The molecule has 2 heterocycles. The van der Waals surface area contributed by atoms with Crippen molar-refractivity contribution in [2.45, 2.75) is 19.9 Å². The summed E-state index contributed by atoms with van der Waals surface area (Å²) in [6, 6.07) is 17.8. The molecule has 6 nitrogen and oxygen atoms in total. The van der Waals surface area contributed by atoms with Gasteiger partial charge in [-0.3, -0.25) is 4.68 Å². The minimum Gasteiger partial charge on any atom is -0.337 e. The molecule has 0 aliphatic carbocycles. The number of nitrogens with one attached hydrogen (secondary N) is 2. The first kappa shape index (κ1) is 19.8. The fourth-order valence-corrected chi connectivity index (χ4v) is 3.92. The fourth-order valence-electron chi connectivity index (χ4n) is 3.06. The Morgan fingerprint density at radius 2 is 2.00 bits per heavy atom. The number of aryl methyl sites for hydroxylation is 1. The van der Waals surface area contributed by atoms with Gasteiger partial charge < -0.3 is 10.6 Å². The number of aromatic nitrogens is 3. The third-order valence-corrected chi connectivity index (χ3v) is 5.55. The molecule has 0 spiro atoms. The molecule has 2 amide bonds. The second kappa shape index (κ2) is 9.37. The summed E-state index contributed by atoms with van der Waals surface area (Å²) in [6.07, 6.45) is 4.35. The highest BCUT2D eigenvalue weighted by Gasteiger charge is 2.07. The maximum absolute atomic E-state index is 12.2. The summed E-state index contributed by atoms with van der Waals surface area (Å²) in [5.74, 6) is 0. The average molecular weight is 418 g/mol. The molecular formula is C23H23N5OS. The van der Waals surface area contributed by atoms with Gasteiger partial charge in [-0.15, -0.1) is 11.3 Å². The molecule has 0 saturated carbocycles. The third kappa shape index (κ3) is 5.33. The minimum atomic E-state index is -0.222. The lowest BCUT2D eigenvalue weighted by Gasteiger charge is -2.09. The molecule has 7 heteroatoms. The summed E-state index contributed by atoms with van der Waals surface area (Å²) in [7, 11) is 0. The van der Waals surface area contributed by atoms with Crippen LogP contribution < -0.4 is 10.6 Å². The lowest BCUT2D eigenvalue weighted by atomic mass is 10.2. The van der Waals surface area contributed by atoms with Crippen molar-refractivity contribution >= 4 is 23.1 Å². The standard InChI is InChI=1S/C23H23N5OS/c1-17-6-8-19(9-7-17)22-26-21(16-30-22)10-12-24-23(29)27-20-5-2-4-18(14-20)15-28-13-3-11-25-28/h2-9,11,13-14,16H,10,12,15H2,1H3,(H2,24,27,29). The number of rotatable bonds is 7. The number of hydrogen-bond acceptors (Lipinski definition) is 4. The van der Waals surface area contributed by atoms with E-state index in [9.17, 15) is 4.79 Å². The first-order valence-electron chi connectivity index (χ1n) is 9.78. The van der Waals surface area contributed by atoms with Gasteiger partial charge in [0.1, 0.15) is 5.01 Å². The smallest absolute Gasteiger partial charge is 0.319 e. The van der Waals surface area contributed by atoms with Gasteiger partial charge in [0.15, 0.2) is 0 Å². The van der Waals surface area contributed by atoms with Gasteiger partial charge in [-0.05, 0) is 30.7 Å². The van der Waals surface area contributed by atoms with Crippen LogP contribution in [-0.2, 0) is 13.0 Å². The van der Waals surface area contributed by atoms with Gasteiger partial charge in [0.05, 0.1) is 12.2 Å². The molecule has 0 radical (unpaired) electrons. The van der Waals surface area contributed by atoms with E-state index in [2.05, 4.69) is 51.9 Å². The van der Waals surface area contributed by atoms with E-state index in [4.69, 9.17) is 0 Å². The van der Waals surface area contributed by atoms with Crippen LogP contribution in [0.4, 0.5) is 10.5 Å². The summed E-state index contributed by atoms with van der Waals surface area (Å²) in [4.78, 5) is 16.9. The van der Waals surface area contributed by atoms with Gasteiger partial charge in [0.25, 0.3) is 0 Å². The molecule has 152 valence electrons. The highest BCUT2D eigenvalue weighted by molar-refractivity contribution is 7.13. The van der Waals surface area contributed by atoms with Crippen LogP contribution in [0.25, 0.3) is 10.6 Å². The van der Waals surface area contributed by atoms with Crippen LogP contribution in [0.5, 0.6) is 0 Å². The molecule has 0 unspecified atom stereocenters. The van der Waals surface area contributed by atoms with Crippen molar-refractivity contribution in [2.75, 3.05) is 11.9 Å². The predicted molar refractivity (Wildman–Crippen MR) is 121 cm³/mol. The Balaban J connectivity index is 1.26. The minimum absolute atomic E-state index is 0.222. The largest absolute Gasteiger partial charge is 0.337 e. The zero-order valence-electron chi connectivity index (χ0n) is 16.7. The van der Waals surface area contributed by atoms with Crippen LogP contribution >= 0.6 is 11.3 Å². The summed E-state index contributed by atoms with van der Waals surface area (Å²) < 4.78 is 1.85. The van der Waals surface area contributed by atoms with Gasteiger partial charge in [-0.1, -0.05) is 42.0 Å². The number of amides is 2. The second-order valence-corrected chi connectivity index (χ2v) is 7.90. The van der Waals surface area contributed by atoms with E-state index in [-0.39, 0.29) is 6.03 Å². The highest BCUT2D eigenvalue weighted by atomic mass is 32.1. The second-order valence-electron chi connectivity index (χ2n) is 7.04. The van der Waals surface area contributed by atoms with E-state index in [1.165, 1.54) is 5.56 Å². The van der Waals surface area contributed by atoms with Crippen LogP contribution in [0, 0.1) is 6.92 Å². The summed E-state index contributed by atoms with van der Waals surface area (Å²) in [5.41, 5.74) is 5.17. The van der Waals surface area contributed by atoms with E-state index in [1.54, 1.807) is 17.5 Å². The molecule has 2 aromatic heterocycles. The third-order valence-electron chi connectivity index (χ3n) is 4.61. The van der Waals surface area contributed by atoms with Crippen molar-refractivity contribution in [1.82, 2.24) is 20.1 Å². The number of nitrogens with zero attached hydrogens (tertiary/aromatic N) is 3. The summed E-state index contributed by atoms with van der Waals surface area (Å²) in [6.45, 7) is 3.26. The van der Waals surface area contributed by atoms with Gasteiger partial charge in [-0.2, -0.15) is 5.10 Å². The number of thiazole rings is 1. The predicted octanol–water partition coefficient (Wildman–Crippen LogP) is 4.73. The Morgan fingerprint density at radius 1 is 1.13 bits per heavy atom. The molecule has 2 aromatic carbocycles. The van der Waals surface area contributed by atoms with E-state index in [1.807, 2.05) is 46.6 Å². The van der Waals surface area contributed by atoms with Crippen molar-refractivity contribution in [2.24, 2.45) is 0 Å². The van der Waals surface area contributed by atoms with Crippen molar-refractivity contribution in [1.29, 1.82) is 0 Å². The Kier molecular flexibility index (Phi) is 6.20. The van der Waals surface area contributed by atoms with Gasteiger partial charge in [0, 0.05) is 42.0 Å². The van der Waals surface area contributed by atoms with Crippen molar-refractivity contribution in [3.8, 4) is 10.6 Å². The Bertz CT molecular complexity index is 1100. The molecule has 0 aliphatic heterocycles. The molecular weight excluding hydrogens is 394 g/mol. The molecule has 0 fully saturated rings. The molecule has 0 aliphatic rings. The zero-order valence-corrected chi connectivity index (χ0v) is 17.5. The van der Waals surface area contributed by atoms with Crippen LogP contribution in [0.15, 0.2) is 72.4 Å². The first-order chi connectivity index (χ1) is 14.7. The quantitative estimate of drug-likeness (QED) is 0.457. The lowest BCUT2D eigenvalue weighted by Crippen LogP contribution is -2.30. The van der Waals surface area contributed by atoms with Crippen LogP contribution in [0.1, 0.15) is 16.8 Å². The average Bonchev–Trinajstić information content (AvgIpc) is 3.41. The first-order valence-corrected chi connectivity index (χ1v) is 10.7. The van der Waals surface area contributed by atoms with E-state index >= 15 is 0 Å². The highest BCUT2D eigenvalue weighted by Crippen LogP contribution is 2.24. The maximum Gasteiger partial charge on any atom is 0.319 e. The Hall–Kier alpha value is -3.45. The van der Waals surface area contributed by atoms with Crippen LogP contribution in [0.3, 0.4) is 0 Å². The molecule has 4 aromatic rings. The molecule has 0 bridgehead atoms. The van der Waals surface area contributed by atoms with Crippen molar-refractivity contribution < 1.29 is 4.79 Å². The number of carbonyl (C=O) groups is 1. The Morgan fingerprint density at radius 3 is 2.80 bits per heavy atom. The number of hydrogen-bond donors (Lipinski definition) is 2. The lowest BCUT2D eigenvalue weighted by molar-refractivity contribution is 0.252. The van der Waals surface area contributed by atoms with Crippen LogP contribution in [0.2, 0.25) is 0 Å². The van der Waals surface area contributed by atoms with E-state index in [0.717, 1.165) is 27.5 Å². The summed E-state index contributed by atoms with van der Waals surface area (Å²) >= 11 is 1.63.